The molecular formula is C19H28N2O4. The van der Waals surface area contributed by atoms with Crippen molar-refractivity contribution in [2.24, 2.45) is 0 Å². The van der Waals surface area contributed by atoms with Crippen LogP contribution >= 0.6 is 0 Å². The Bertz CT molecular complexity index is 607. The normalized spacial score (nSPS) is 18.9. The first-order chi connectivity index (χ1) is 11.7. The largest absolute Gasteiger partial charge is 0.478 e. The first-order valence-corrected chi connectivity index (χ1v) is 8.74. The number of aromatic carboxylic acids is 1. The third-order valence-electron chi connectivity index (χ3n) is 4.31. The highest BCUT2D eigenvalue weighted by Crippen LogP contribution is 2.19. The van der Waals surface area contributed by atoms with Crippen molar-refractivity contribution in [2.45, 2.75) is 52.3 Å². The third-order valence-corrected chi connectivity index (χ3v) is 4.31. The molecule has 1 N–H and O–H groups in total. The van der Waals surface area contributed by atoms with E-state index in [2.05, 4.69) is 11.8 Å². The second-order valence-corrected chi connectivity index (χ2v) is 7.46. The van der Waals surface area contributed by atoms with Gasteiger partial charge in [-0.2, -0.15) is 0 Å². The Balaban J connectivity index is 1.97. The number of carbonyl (C=O) groups is 2. The summed E-state index contributed by atoms with van der Waals surface area (Å²) >= 11 is 0. The highest BCUT2D eigenvalue weighted by Gasteiger charge is 2.31. The van der Waals surface area contributed by atoms with Gasteiger partial charge in [-0.05, 0) is 44.9 Å². The fraction of sp³-hybridized carbons (Fsp3) is 0.579. The number of piperazine rings is 1. The standard InChI is InChI=1S/C19H28N2O4/c1-5-16-13-21(18(24)25-19(2,3)4)11-10-20(16)12-14-6-8-15(9-7-14)17(22)23/h6-9,16H,5,10-13H2,1-4H3,(H,22,23)/t16-/m1/s1. The van der Waals surface area contributed by atoms with Crippen LogP contribution in [0.3, 0.4) is 0 Å². The van der Waals surface area contributed by atoms with Crippen molar-refractivity contribution < 1.29 is 19.4 Å². The number of carboxylic acids is 1. The topological polar surface area (TPSA) is 70.1 Å². The van der Waals surface area contributed by atoms with Gasteiger partial charge in [-0.3, -0.25) is 4.90 Å². The minimum Gasteiger partial charge on any atom is -0.478 e. The molecule has 0 unspecified atom stereocenters. The van der Waals surface area contributed by atoms with Gasteiger partial charge in [0.1, 0.15) is 5.60 Å². The van der Waals surface area contributed by atoms with Crippen molar-refractivity contribution in [3.8, 4) is 0 Å². The van der Waals surface area contributed by atoms with Crippen molar-refractivity contribution in [3.05, 3.63) is 35.4 Å². The fourth-order valence-corrected chi connectivity index (χ4v) is 2.97. The number of hydrogen-bond acceptors (Lipinski definition) is 4. The van der Waals surface area contributed by atoms with Crippen LogP contribution in [0.25, 0.3) is 0 Å². The molecular weight excluding hydrogens is 320 g/mol. The molecule has 2 rings (SSSR count). The number of nitrogens with zero attached hydrogens (tertiary/aromatic N) is 2. The van der Waals surface area contributed by atoms with Gasteiger partial charge in [0.15, 0.2) is 0 Å². The molecule has 1 heterocycles. The molecule has 1 saturated heterocycles. The summed E-state index contributed by atoms with van der Waals surface area (Å²) in [5.41, 5.74) is 0.890. The maximum absolute atomic E-state index is 12.3. The van der Waals surface area contributed by atoms with Crippen molar-refractivity contribution in [2.75, 3.05) is 19.6 Å². The lowest BCUT2D eigenvalue weighted by molar-refractivity contribution is 0.00193. The van der Waals surface area contributed by atoms with Gasteiger partial charge in [-0.25, -0.2) is 9.59 Å². The average Bonchev–Trinajstić information content (AvgIpc) is 2.54. The van der Waals surface area contributed by atoms with E-state index in [1.54, 1.807) is 17.0 Å². The Morgan fingerprint density at radius 3 is 2.36 bits per heavy atom. The minimum absolute atomic E-state index is 0.253. The van der Waals surface area contributed by atoms with Gasteiger partial charge in [0.2, 0.25) is 0 Å². The van der Waals surface area contributed by atoms with Gasteiger partial charge in [-0.1, -0.05) is 19.1 Å². The molecule has 0 spiro atoms. The zero-order valence-electron chi connectivity index (χ0n) is 15.5. The van der Waals surface area contributed by atoms with Gasteiger partial charge in [0, 0.05) is 32.2 Å². The van der Waals surface area contributed by atoms with Gasteiger partial charge in [-0.15, -0.1) is 0 Å². The van der Waals surface area contributed by atoms with Crippen LogP contribution < -0.4 is 0 Å². The lowest BCUT2D eigenvalue weighted by Gasteiger charge is -2.41. The number of carboxylic acid groups (broad SMARTS) is 1. The summed E-state index contributed by atoms with van der Waals surface area (Å²) in [5, 5.41) is 8.98. The number of carbonyl (C=O) groups excluding carboxylic acids is 1. The summed E-state index contributed by atoms with van der Waals surface area (Å²) in [4.78, 5) is 27.3. The molecule has 0 bridgehead atoms. The van der Waals surface area contributed by atoms with Crippen molar-refractivity contribution in [3.63, 3.8) is 0 Å². The first-order valence-electron chi connectivity index (χ1n) is 8.74. The second kappa shape index (κ2) is 7.87. The van der Waals surface area contributed by atoms with Gasteiger partial charge in [0.05, 0.1) is 5.56 Å². The molecule has 0 saturated carbocycles. The van der Waals surface area contributed by atoms with Crippen LogP contribution in [0.15, 0.2) is 24.3 Å². The maximum atomic E-state index is 12.3. The number of benzene rings is 1. The molecule has 138 valence electrons. The summed E-state index contributed by atoms with van der Waals surface area (Å²) in [6.07, 6.45) is 0.684. The van der Waals surface area contributed by atoms with Gasteiger partial charge < -0.3 is 14.7 Å². The van der Waals surface area contributed by atoms with Crippen molar-refractivity contribution in [1.82, 2.24) is 9.80 Å². The third kappa shape index (κ3) is 5.46. The van der Waals surface area contributed by atoms with Crippen LogP contribution in [0.4, 0.5) is 4.79 Å². The molecule has 1 amide bonds. The second-order valence-electron chi connectivity index (χ2n) is 7.46. The summed E-state index contributed by atoms with van der Waals surface area (Å²) in [6.45, 7) is 10.6. The lowest BCUT2D eigenvalue weighted by Crippen LogP contribution is -2.54. The Labute approximate surface area is 149 Å². The van der Waals surface area contributed by atoms with Crippen LogP contribution in [-0.2, 0) is 11.3 Å². The van der Waals surface area contributed by atoms with E-state index in [-0.39, 0.29) is 12.1 Å². The van der Waals surface area contributed by atoms with Crippen LogP contribution in [0.1, 0.15) is 50.0 Å². The van der Waals surface area contributed by atoms with Crippen molar-refractivity contribution >= 4 is 12.1 Å². The van der Waals surface area contributed by atoms with Crippen LogP contribution in [0.5, 0.6) is 0 Å². The molecule has 0 aliphatic carbocycles. The van der Waals surface area contributed by atoms with Gasteiger partial charge >= 0.3 is 12.1 Å². The van der Waals surface area contributed by atoms with E-state index in [0.717, 1.165) is 25.1 Å². The Morgan fingerprint density at radius 2 is 1.84 bits per heavy atom. The SMILES string of the molecule is CC[C@@H]1CN(C(=O)OC(C)(C)C)CCN1Cc1ccc(C(=O)O)cc1. The van der Waals surface area contributed by atoms with E-state index in [0.29, 0.717) is 18.7 Å². The van der Waals surface area contributed by atoms with E-state index >= 15 is 0 Å². The van der Waals surface area contributed by atoms with E-state index < -0.39 is 11.6 Å². The van der Waals surface area contributed by atoms with Crippen molar-refractivity contribution in [1.29, 1.82) is 0 Å². The number of amides is 1. The summed E-state index contributed by atoms with van der Waals surface area (Å²) in [7, 11) is 0. The lowest BCUT2D eigenvalue weighted by atomic mass is 10.1. The molecule has 1 atom stereocenters. The highest BCUT2D eigenvalue weighted by atomic mass is 16.6. The summed E-state index contributed by atoms with van der Waals surface area (Å²) in [6, 6.07) is 7.25. The molecule has 1 aliphatic rings. The number of rotatable bonds is 4. The molecule has 25 heavy (non-hydrogen) atoms. The van der Waals surface area contributed by atoms with E-state index in [4.69, 9.17) is 9.84 Å². The van der Waals surface area contributed by atoms with E-state index in [1.165, 1.54) is 0 Å². The van der Waals surface area contributed by atoms with Crippen LogP contribution in [0.2, 0.25) is 0 Å². The Hall–Kier alpha value is -2.08. The summed E-state index contributed by atoms with van der Waals surface area (Å²) < 4.78 is 5.47. The minimum atomic E-state index is -0.913. The van der Waals surface area contributed by atoms with E-state index in [1.807, 2.05) is 32.9 Å². The smallest absolute Gasteiger partial charge is 0.410 e. The molecule has 1 aromatic rings. The van der Waals surface area contributed by atoms with Crippen LogP contribution in [-0.4, -0.2) is 58.2 Å². The zero-order valence-corrected chi connectivity index (χ0v) is 15.5. The quantitative estimate of drug-likeness (QED) is 0.905. The number of hydrogen-bond donors (Lipinski definition) is 1. The predicted molar refractivity (Wildman–Crippen MR) is 95.7 cm³/mol. The molecule has 0 aromatic heterocycles. The maximum Gasteiger partial charge on any atom is 0.410 e. The summed E-state index contributed by atoms with van der Waals surface area (Å²) in [5.74, 6) is -0.913. The van der Waals surface area contributed by atoms with E-state index in [9.17, 15) is 9.59 Å². The average molecular weight is 348 g/mol. The predicted octanol–water partition coefficient (Wildman–Crippen LogP) is 3.22. The molecule has 6 nitrogen and oxygen atoms in total. The number of ether oxygens (including phenoxy) is 1. The molecule has 0 radical (unpaired) electrons. The molecule has 1 fully saturated rings. The Kier molecular flexibility index (Phi) is 6.06. The monoisotopic (exact) mass is 348 g/mol. The highest BCUT2D eigenvalue weighted by molar-refractivity contribution is 5.87. The molecule has 6 heteroatoms. The fourth-order valence-electron chi connectivity index (χ4n) is 2.97. The van der Waals surface area contributed by atoms with Gasteiger partial charge in [0.25, 0.3) is 0 Å². The van der Waals surface area contributed by atoms with Crippen LogP contribution in [0, 0.1) is 0 Å². The molecule has 1 aliphatic heterocycles. The Morgan fingerprint density at radius 1 is 1.20 bits per heavy atom. The zero-order chi connectivity index (χ0) is 18.6. The molecule has 1 aromatic carbocycles. The first kappa shape index (κ1) is 19.2.